The Hall–Kier alpha value is -4.82. The van der Waals surface area contributed by atoms with Crippen LogP contribution >= 0.6 is 0 Å². The number of aryl methyl sites for hydroxylation is 4. The molecule has 0 spiro atoms. The Kier molecular flexibility index (Phi) is 5.31. The first-order chi connectivity index (χ1) is 17.9. The standard InChI is InChI=1S/C32H25N5/c1-19-13-20(2)15-25(14-19)23-10-12-28-27-7-5-6-8-30(27)37(31(28)16-23)26-11-9-24(18-33)29(17-26)32-35-21(3)34-22(4)36-32/h5-17H,1-4H3. The lowest BCUT2D eigenvalue weighted by Crippen LogP contribution is -2.02. The summed E-state index contributed by atoms with van der Waals surface area (Å²) in [5, 5.41) is 12.2. The summed E-state index contributed by atoms with van der Waals surface area (Å²) < 4.78 is 2.27. The molecular weight excluding hydrogens is 454 g/mol. The van der Waals surface area contributed by atoms with Crippen molar-refractivity contribution >= 4 is 21.8 Å². The SMILES string of the molecule is Cc1cc(C)cc(-c2ccc3c4ccccc4n(-c4ccc(C#N)c(-c5nc(C)nc(C)n5)c4)c3c2)c1. The van der Waals surface area contributed by atoms with Crippen LogP contribution in [0.25, 0.3) is 50.0 Å². The van der Waals surface area contributed by atoms with Crippen LogP contribution in [0, 0.1) is 39.0 Å². The molecule has 6 rings (SSSR count). The zero-order valence-corrected chi connectivity index (χ0v) is 21.2. The lowest BCUT2D eigenvalue weighted by molar-refractivity contribution is 0.927. The number of nitrogens with zero attached hydrogens (tertiary/aromatic N) is 5. The fraction of sp³-hybridized carbons (Fsp3) is 0.125. The quantitative estimate of drug-likeness (QED) is 0.265. The minimum atomic E-state index is 0.514. The van der Waals surface area contributed by atoms with Gasteiger partial charge < -0.3 is 4.57 Å². The first-order valence-corrected chi connectivity index (χ1v) is 12.3. The van der Waals surface area contributed by atoms with E-state index in [0.29, 0.717) is 28.6 Å². The van der Waals surface area contributed by atoms with Crippen LogP contribution < -0.4 is 0 Å². The van der Waals surface area contributed by atoms with Crippen molar-refractivity contribution in [2.45, 2.75) is 27.7 Å². The van der Waals surface area contributed by atoms with E-state index in [1.807, 2.05) is 32.0 Å². The number of rotatable bonds is 3. The van der Waals surface area contributed by atoms with Gasteiger partial charge in [0.05, 0.1) is 22.7 Å². The molecule has 5 heteroatoms. The predicted molar refractivity (Wildman–Crippen MR) is 149 cm³/mol. The molecular formula is C32H25N5. The molecule has 0 aliphatic heterocycles. The third kappa shape index (κ3) is 3.93. The predicted octanol–water partition coefficient (Wildman–Crippen LogP) is 7.41. The molecule has 178 valence electrons. The molecule has 0 saturated carbocycles. The third-order valence-corrected chi connectivity index (χ3v) is 6.71. The fourth-order valence-electron chi connectivity index (χ4n) is 5.26. The van der Waals surface area contributed by atoms with Crippen LogP contribution in [0.3, 0.4) is 0 Å². The van der Waals surface area contributed by atoms with Crippen LogP contribution in [0.2, 0.25) is 0 Å². The highest BCUT2D eigenvalue weighted by molar-refractivity contribution is 6.10. The topological polar surface area (TPSA) is 67.4 Å². The van der Waals surface area contributed by atoms with E-state index in [1.165, 1.54) is 33.0 Å². The van der Waals surface area contributed by atoms with Gasteiger partial charge in [0.1, 0.15) is 11.6 Å². The van der Waals surface area contributed by atoms with Crippen LogP contribution in [-0.4, -0.2) is 19.5 Å². The van der Waals surface area contributed by atoms with E-state index < -0.39 is 0 Å². The molecule has 2 heterocycles. The summed E-state index contributed by atoms with van der Waals surface area (Å²) in [5.74, 6) is 1.78. The zero-order valence-electron chi connectivity index (χ0n) is 21.2. The Bertz CT molecular complexity index is 1850. The van der Waals surface area contributed by atoms with E-state index in [1.54, 1.807) is 0 Å². The Morgan fingerprint density at radius 3 is 2.08 bits per heavy atom. The van der Waals surface area contributed by atoms with Crippen molar-refractivity contribution in [2.75, 3.05) is 0 Å². The van der Waals surface area contributed by atoms with E-state index in [2.05, 4.69) is 100 Å². The second kappa shape index (κ2) is 8.69. The molecule has 0 N–H and O–H groups in total. The van der Waals surface area contributed by atoms with Crippen molar-refractivity contribution < 1.29 is 0 Å². The van der Waals surface area contributed by atoms with Crippen LogP contribution in [-0.2, 0) is 0 Å². The van der Waals surface area contributed by atoms with Gasteiger partial charge in [-0.3, -0.25) is 0 Å². The van der Waals surface area contributed by atoms with Gasteiger partial charge in [-0.1, -0.05) is 59.7 Å². The van der Waals surface area contributed by atoms with E-state index in [4.69, 9.17) is 0 Å². The third-order valence-electron chi connectivity index (χ3n) is 6.71. The fourth-order valence-corrected chi connectivity index (χ4v) is 5.26. The molecule has 6 aromatic rings. The van der Waals surface area contributed by atoms with E-state index >= 15 is 0 Å². The summed E-state index contributed by atoms with van der Waals surface area (Å²) in [7, 11) is 0. The maximum atomic E-state index is 9.86. The number of fused-ring (bicyclic) bond motifs is 3. The second-order valence-corrected chi connectivity index (χ2v) is 9.56. The highest BCUT2D eigenvalue weighted by Gasteiger charge is 2.17. The number of nitriles is 1. The van der Waals surface area contributed by atoms with Gasteiger partial charge in [-0.25, -0.2) is 15.0 Å². The van der Waals surface area contributed by atoms with Gasteiger partial charge in [0.2, 0.25) is 0 Å². The zero-order chi connectivity index (χ0) is 25.7. The molecule has 5 nitrogen and oxygen atoms in total. The molecule has 0 radical (unpaired) electrons. The number of hydrogen-bond donors (Lipinski definition) is 0. The maximum absolute atomic E-state index is 9.86. The Morgan fingerprint density at radius 1 is 0.649 bits per heavy atom. The van der Waals surface area contributed by atoms with Crippen molar-refractivity contribution in [3.05, 3.63) is 107 Å². The largest absolute Gasteiger partial charge is 0.309 e. The second-order valence-electron chi connectivity index (χ2n) is 9.56. The number of aromatic nitrogens is 4. The molecule has 0 amide bonds. The van der Waals surface area contributed by atoms with Gasteiger partial charge >= 0.3 is 0 Å². The number of hydrogen-bond acceptors (Lipinski definition) is 4. The van der Waals surface area contributed by atoms with Crippen molar-refractivity contribution in [1.82, 2.24) is 19.5 Å². The van der Waals surface area contributed by atoms with Crippen LogP contribution in [0.5, 0.6) is 0 Å². The Morgan fingerprint density at radius 2 is 1.35 bits per heavy atom. The summed E-state index contributed by atoms with van der Waals surface area (Å²) in [4.78, 5) is 13.4. The highest BCUT2D eigenvalue weighted by atomic mass is 15.0. The average Bonchev–Trinajstić information content (AvgIpc) is 3.21. The first-order valence-electron chi connectivity index (χ1n) is 12.3. The van der Waals surface area contributed by atoms with Crippen LogP contribution in [0.15, 0.2) is 78.9 Å². The molecule has 4 aromatic carbocycles. The Labute approximate surface area is 215 Å². The highest BCUT2D eigenvalue weighted by Crippen LogP contribution is 2.36. The van der Waals surface area contributed by atoms with Crippen molar-refractivity contribution in [2.24, 2.45) is 0 Å². The van der Waals surface area contributed by atoms with Gasteiger partial charge in [-0.2, -0.15) is 5.26 Å². The summed E-state index contributed by atoms with van der Waals surface area (Å²) in [6, 6.07) is 29.9. The van der Waals surface area contributed by atoms with E-state index in [9.17, 15) is 5.26 Å². The summed E-state index contributed by atoms with van der Waals surface area (Å²) in [5.41, 5.74) is 9.26. The lowest BCUT2D eigenvalue weighted by atomic mass is 9.99. The van der Waals surface area contributed by atoms with E-state index in [0.717, 1.165) is 16.7 Å². The molecule has 0 aliphatic rings. The number of benzene rings is 4. The molecule has 0 unspecified atom stereocenters. The molecule has 0 saturated heterocycles. The molecule has 0 aliphatic carbocycles. The van der Waals surface area contributed by atoms with Gasteiger partial charge in [-0.05, 0) is 69.2 Å². The molecule has 37 heavy (non-hydrogen) atoms. The minimum Gasteiger partial charge on any atom is -0.309 e. The average molecular weight is 480 g/mol. The smallest absolute Gasteiger partial charge is 0.164 e. The van der Waals surface area contributed by atoms with Gasteiger partial charge in [0, 0.05) is 22.0 Å². The monoisotopic (exact) mass is 479 g/mol. The van der Waals surface area contributed by atoms with Gasteiger partial charge in [0.25, 0.3) is 0 Å². The maximum Gasteiger partial charge on any atom is 0.164 e. The van der Waals surface area contributed by atoms with Crippen LogP contribution in [0.1, 0.15) is 28.3 Å². The van der Waals surface area contributed by atoms with Crippen molar-refractivity contribution in [3.63, 3.8) is 0 Å². The summed E-state index contributed by atoms with van der Waals surface area (Å²) in [6.07, 6.45) is 0. The van der Waals surface area contributed by atoms with Crippen LogP contribution in [0.4, 0.5) is 0 Å². The van der Waals surface area contributed by atoms with Crippen molar-refractivity contribution in [3.8, 4) is 34.3 Å². The molecule has 0 atom stereocenters. The normalized spacial score (nSPS) is 11.2. The summed E-state index contributed by atoms with van der Waals surface area (Å²) >= 11 is 0. The minimum absolute atomic E-state index is 0.514. The Balaban J connectivity index is 1.64. The molecule has 0 bridgehead atoms. The first kappa shape index (κ1) is 22.6. The molecule has 2 aromatic heterocycles. The van der Waals surface area contributed by atoms with Crippen molar-refractivity contribution in [1.29, 1.82) is 5.26 Å². The van der Waals surface area contributed by atoms with Gasteiger partial charge in [0.15, 0.2) is 5.82 Å². The summed E-state index contributed by atoms with van der Waals surface area (Å²) in [6.45, 7) is 7.95. The lowest BCUT2D eigenvalue weighted by Gasteiger charge is -2.12. The van der Waals surface area contributed by atoms with Gasteiger partial charge in [-0.15, -0.1) is 0 Å². The molecule has 0 fully saturated rings. The van der Waals surface area contributed by atoms with E-state index in [-0.39, 0.29) is 0 Å². The number of para-hydroxylation sites is 1.